The van der Waals surface area contributed by atoms with Gasteiger partial charge in [0.2, 0.25) is 10.0 Å². The molecule has 0 amide bonds. The van der Waals surface area contributed by atoms with Crippen LogP contribution in [0, 0.1) is 0 Å². The molecule has 1 aliphatic carbocycles. The lowest BCUT2D eigenvalue weighted by atomic mass is 9.89. The van der Waals surface area contributed by atoms with E-state index in [0.717, 1.165) is 44.9 Å². The van der Waals surface area contributed by atoms with Crippen LogP contribution in [0.1, 0.15) is 51.9 Å². The Morgan fingerprint density at radius 1 is 1.29 bits per heavy atom. The molecule has 0 aromatic carbocycles. The van der Waals surface area contributed by atoms with Gasteiger partial charge < -0.3 is 5.73 Å². The molecule has 1 unspecified atom stereocenters. The fourth-order valence-electron chi connectivity index (χ4n) is 3.02. The zero-order valence-electron chi connectivity index (χ0n) is 10.7. The van der Waals surface area contributed by atoms with Gasteiger partial charge in [0, 0.05) is 18.6 Å². The van der Waals surface area contributed by atoms with E-state index in [0.29, 0.717) is 13.1 Å². The van der Waals surface area contributed by atoms with Crippen molar-refractivity contribution in [3.05, 3.63) is 0 Å². The molecule has 5 heteroatoms. The van der Waals surface area contributed by atoms with Gasteiger partial charge in [-0.3, -0.25) is 0 Å². The molecule has 0 aromatic rings. The van der Waals surface area contributed by atoms with E-state index in [1.807, 2.05) is 6.92 Å². The predicted octanol–water partition coefficient (Wildman–Crippen LogP) is 1.46. The second-order valence-electron chi connectivity index (χ2n) is 5.60. The van der Waals surface area contributed by atoms with Gasteiger partial charge >= 0.3 is 0 Å². The molecule has 1 heterocycles. The Labute approximate surface area is 105 Å². The molecule has 2 N–H and O–H groups in total. The number of rotatable bonds is 3. The van der Waals surface area contributed by atoms with Gasteiger partial charge in [0.05, 0.1) is 5.25 Å². The van der Waals surface area contributed by atoms with Gasteiger partial charge in [-0.2, -0.15) is 4.31 Å². The zero-order chi connectivity index (χ0) is 12.5. The van der Waals surface area contributed by atoms with Gasteiger partial charge in [0.25, 0.3) is 0 Å². The third-order valence-corrected chi connectivity index (χ3v) is 6.71. The van der Waals surface area contributed by atoms with Gasteiger partial charge in [-0.15, -0.1) is 0 Å². The Kier molecular flexibility index (Phi) is 3.80. The largest absolute Gasteiger partial charge is 0.324 e. The van der Waals surface area contributed by atoms with Gasteiger partial charge in [0.15, 0.2) is 0 Å². The molecule has 4 nitrogen and oxygen atoms in total. The van der Waals surface area contributed by atoms with Crippen LogP contribution in [0.4, 0.5) is 0 Å². The Balaban J connectivity index is 2.11. The Hall–Kier alpha value is -0.130. The van der Waals surface area contributed by atoms with Crippen molar-refractivity contribution in [2.75, 3.05) is 13.1 Å². The fraction of sp³-hybridized carbons (Fsp3) is 1.00. The second-order valence-corrected chi connectivity index (χ2v) is 7.82. The number of nitrogens with zero attached hydrogens (tertiary/aromatic N) is 1. The standard InChI is InChI=1S/C12H24N2O2S/c1-2-12(13)8-5-9-14(10-12)17(15,16)11-6-3-4-7-11/h11H,2-10,13H2,1H3. The molecule has 17 heavy (non-hydrogen) atoms. The topological polar surface area (TPSA) is 63.4 Å². The molecule has 0 aromatic heterocycles. The van der Waals surface area contributed by atoms with Crippen molar-refractivity contribution >= 4 is 10.0 Å². The maximum absolute atomic E-state index is 12.5. The number of hydrogen-bond acceptors (Lipinski definition) is 3. The maximum atomic E-state index is 12.5. The summed E-state index contributed by atoms with van der Waals surface area (Å²) < 4.78 is 26.6. The second kappa shape index (κ2) is 4.86. The molecule has 1 atom stereocenters. The first kappa shape index (κ1) is 13.3. The molecule has 1 saturated heterocycles. The van der Waals surface area contributed by atoms with Crippen LogP contribution in [-0.4, -0.2) is 36.6 Å². The average Bonchev–Trinajstić information content (AvgIpc) is 2.83. The molecule has 0 radical (unpaired) electrons. The third kappa shape index (κ3) is 2.66. The number of hydrogen-bond donors (Lipinski definition) is 1. The minimum atomic E-state index is -3.09. The molecule has 2 fully saturated rings. The van der Waals surface area contributed by atoms with E-state index >= 15 is 0 Å². The highest BCUT2D eigenvalue weighted by atomic mass is 32.2. The van der Waals surface area contributed by atoms with Crippen LogP contribution in [-0.2, 0) is 10.0 Å². The average molecular weight is 260 g/mol. The van der Waals surface area contributed by atoms with Crippen molar-refractivity contribution in [3.8, 4) is 0 Å². The normalized spacial score (nSPS) is 33.1. The lowest BCUT2D eigenvalue weighted by Gasteiger charge is -2.40. The molecule has 1 aliphatic heterocycles. The lowest BCUT2D eigenvalue weighted by molar-refractivity contribution is 0.220. The van der Waals surface area contributed by atoms with Gasteiger partial charge in [-0.05, 0) is 32.1 Å². The lowest BCUT2D eigenvalue weighted by Crippen LogP contribution is -2.56. The van der Waals surface area contributed by atoms with E-state index < -0.39 is 10.0 Å². The summed E-state index contributed by atoms with van der Waals surface area (Å²) >= 11 is 0. The van der Waals surface area contributed by atoms with Gasteiger partial charge in [0.1, 0.15) is 0 Å². The summed E-state index contributed by atoms with van der Waals surface area (Å²) in [4.78, 5) is 0. The molecule has 2 rings (SSSR count). The first-order valence-electron chi connectivity index (χ1n) is 6.76. The quantitative estimate of drug-likeness (QED) is 0.835. The SMILES string of the molecule is CCC1(N)CCCN(S(=O)(=O)C2CCCC2)C1. The summed E-state index contributed by atoms with van der Waals surface area (Å²) in [7, 11) is -3.09. The van der Waals surface area contributed by atoms with E-state index in [9.17, 15) is 8.42 Å². The van der Waals surface area contributed by atoms with Crippen molar-refractivity contribution in [1.29, 1.82) is 0 Å². The summed E-state index contributed by atoms with van der Waals surface area (Å²) in [5, 5.41) is -0.137. The summed E-state index contributed by atoms with van der Waals surface area (Å²) in [5.74, 6) is 0. The molecule has 0 bridgehead atoms. The van der Waals surface area contributed by atoms with Crippen molar-refractivity contribution in [3.63, 3.8) is 0 Å². The summed E-state index contributed by atoms with van der Waals surface area (Å²) in [6, 6.07) is 0. The molecule has 0 spiro atoms. The minimum absolute atomic E-state index is 0.137. The van der Waals surface area contributed by atoms with Crippen LogP contribution in [0.25, 0.3) is 0 Å². The Bertz CT molecular complexity index is 363. The smallest absolute Gasteiger partial charge is 0.217 e. The van der Waals surface area contributed by atoms with Gasteiger partial charge in [-0.1, -0.05) is 19.8 Å². The zero-order valence-corrected chi connectivity index (χ0v) is 11.5. The maximum Gasteiger partial charge on any atom is 0.217 e. The highest BCUT2D eigenvalue weighted by molar-refractivity contribution is 7.89. The van der Waals surface area contributed by atoms with Crippen LogP contribution >= 0.6 is 0 Å². The van der Waals surface area contributed by atoms with Crippen LogP contribution in [0.3, 0.4) is 0 Å². The third-order valence-electron chi connectivity index (χ3n) is 4.36. The van der Waals surface area contributed by atoms with Crippen molar-refractivity contribution in [2.24, 2.45) is 5.73 Å². The van der Waals surface area contributed by atoms with Crippen molar-refractivity contribution in [2.45, 2.75) is 62.7 Å². The Morgan fingerprint density at radius 2 is 1.94 bits per heavy atom. The van der Waals surface area contributed by atoms with E-state index in [2.05, 4.69) is 0 Å². The number of piperidine rings is 1. The minimum Gasteiger partial charge on any atom is -0.324 e. The first-order valence-corrected chi connectivity index (χ1v) is 8.26. The molecule has 100 valence electrons. The summed E-state index contributed by atoms with van der Waals surface area (Å²) in [6.07, 6.45) is 6.48. The van der Waals surface area contributed by atoms with E-state index in [1.54, 1.807) is 4.31 Å². The fourth-order valence-corrected chi connectivity index (χ4v) is 5.19. The predicted molar refractivity (Wildman–Crippen MR) is 69.2 cm³/mol. The molecular formula is C12H24N2O2S. The van der Waals surface area contributed by atoms with Crippen LogP contribution < -0.4 is 5.73 Å². The molecule has 1 saturated carbocycles. The van der Waals surface area contributed by atoms with Crippen LogP contribution in [0.5, 0.6) is 0 Å². The first-order chi connectivity index (χ1) is 7.98. The molecular weight excluding hydrogens is 236 g/mol. The summed E-state index contributed by atoms with van der Waals surface area (Å²) in [5.41, 5.74) is 5.94. The summed E-state index contributed by atoms with van der Waals surface area (Å²) in [6.45, 7) is 3.23. The van der Waals surface area contributed by atoms with Crippen molar-refractivity contribution in [1.82, 2.24) is 4.31 Å². The van der Waals surface area contributed by atoms with Gasteiger partial charge in [-0.25, -0.2) is 8.42 Å². The van der Waals surface area contributed by atoms with E-state index in [4.69, 9.17) is 5.73 Å². The molecule has 2 aliphatic rings. The van der Waals surface area contributed by atoms with Crippen LogP contribution in [0.15, 0.2) is 0 Å². The monoisotopic (exact) mass is 260 g/mol. The van der Waals surface area contributed by atoms with Crippen LogP contribution in [0.2, 0.25) is 0 Å². The highest BCUT2D eigenvalue weighted by Crippen LogP contribution is 2.31. The number of nitrogens with two attached hydrogens (primary N) is 1. The van der Waals surface area contributed by atoms with E-state index in [1.165, 1.54) is 0 Å². The highest BCUT2D eigenvalue weighted by Gasteiger charge is 2.40. The Morgan fingerprint density at radius 3 is 2.53 bits per heavy atom. The number of sulfonamides is 1. The van der Waals surface area contributed by atoms with E-state index in [-0.39, 0.29) is 10.8 Å². The van der Waals surface area contributed by atoms with Crippen molar-refractivity contribution < 1.29 is 8.42 Å².